The van der Waals surface area contributed by atoms with E-state index in [-0.39, 0.29) is 22.3 Å². The number of rotatable bonds is 11. The molecule has 210 valence electrons. The van der Waals surface area contributed by atoms with Crippen LogP contribution in [-0.2, 0) is 15.3 Å². The van der Waals surface area contributed by atoms with E-state index >= 15 is 0 Å². The number of aliphatic hydroxyl groups is 1. The lowest BCUT2D eigenvalue weighted by atomic mass is 9.95. The Balaban J connectivity index is 1.50. The van der Waals surface area contributed by atoms with Crippen LogP contribution >= 0.6 is 23.1 Å². The minimum Gasteiger partial charge on any atom is -0.507 e. The van der Waals surface area contributed by atoms with Crippen LogP contribution in [-0.4, -0.2) is 33.6 Å². The van der Waals surface area contributed by atoms with Gasteiger partial charge in [0.1, 0.15) is 17.3 Å². The fourth-order valence-corrected chi connectivity index (χ4v) is 6.32. The molecule has 1 N–H and O–H groups in total. The third kappa shape index (κ3) is 6.49. The first-order valence-electron chi connectivity index (χ1n) is 13.3. The quantitative estimate of drug-likeness (QED) is 0.0495. The Labute approximate surface area is 245 Å². The number of amides is 1. The molecule has 4 aromatic rings. The van der Waals surface area contributed by atoms with Crippen LogP contribution in [0.5, 0.6) is 5.75 Å². The molecule has 10 heteroatoms. The topological polar surface area (TPSA) is 92.6 Å². The van der Waals surface area contributed by atoms with Gasteiger partial charge in [-0.15, -0.1) is 10.2 Å². The predicted molar refractivity (Wildman–Crippen MR) is 159 cm³/mol. The van der Waals surface area contributed by atoms with Crippen molar-refractivity contribution in [1.29, 1.82) is 0 Å². The van der Waals surface area contributed by atoms with Crippen molar-refractivity contribution in [3.63, 3.8) is 0 Å². The maximum absolute atomic E-state index is 13.5. The predicted octanol–water partition coefficient (Wildman–Crippen LogP) is 7.16. The van der Waals surface area contributed by atoms with Crippen LogP contribution in [0, 0.1) is 5.82 Å². The van der Waals surface area contributed by atoms with E-state index < -0.39 is 17.7 Å². The Bertz CT molecular complexity index is 1560. The molecule has 2 heterocycles. The summed E-state index contributed by atoms with van der Waals surface area (Å²) in [5.74, 6) is -1.03. The van der Waals surface area contributed by atoms with Crippen molar-refractivity contribution in [2.75, 3.05) is 11.5 Å². The molecular weight excluding hydrogens is 561 g/mol. The van der Waals surface area contributed by atoms with Crippen molar-refractivity contribution < 1.29 is 23.8 Å². The summed E-state index contributed by atoms with van der Waals surface area (Å²) in [6.45, 7) is 2.67. The fourth-order valence-electron chi connectivity index (χ4n) is 4.50. The zero-order chi connectivity index (χ0) is 28.8. The van der Waals surface area contributed by atoms with Gasteiger partial charge in [0, 0.05) is 11.3 Å². The van der Waals surface area contributed by atoms with Gasteiger partial charge in [0.15, 0.2) is 4.34 Å². The summed E-state index contributed by atoms with van der Waals surface area (Å²) in [4.78, 5) is 28.2. The first-order valence-corrected chi connectivity index (χ1v) is 15.1. The SMILES string of the molecule is CCCCCOc1cccc(C2/C(=C(\O)c3ccccc3)C(=O)C(=O)N2c2nnc(SCc3ccc(F)cc3)s2)c1. The summed E-state index contributed by atoms with van der Waals surface area (Å²) < 4.78 is 19.8. The second-order valence-corrected chi connectivity index (χ2v) is 11.6. The molecule has 1 amide bonds. The molecule has 3 aromatic carbocycles. The van der Waals surface area contributed by atoms with Crippen LogP contribution in [0.1, 0.15) is 48.9 Å². The van der Waals surface area contributed by atoms with Crippen molar-refractivity contribution in [2.45, 2.75) is 42.3 Å². The molecule has 41 heavy (non-hydrogen) atoms. The highest BCUT2D eigenvalue weighted by molar-refractivity contribution is 8.00. The number of ketones is 1. The van der Waals surface area contributed by atoms with Gasteiger partial charge in [-0.2, -0.15) is 0 Å². The van der Waals surface area contributed by atoms with Crippen LogP contribution in [0.2, 0.25) is 0 Å². The Hall–Kier alpha value is -4.02. The number of aliphatic hydroxyl groups excluding tert-OH is 1. The highest BCUT2D eigenvalue weighted by Crippen LogP contribution is 2.44. The first kappa shape index (κ1) is 28.5. The van der Waals surface area contributed by atoms with Crippen molar-refractivity contribution in [3.05, 3.63) is 107 Å². The van der Waals surface area contributed by atoms with E-state index in [9.17, 15) is 19.1 Å². The normalized spacial score (nSPS) is 16.3. The number of unbranched alkanes of at least 4 members (excludes halogenated alkanes) is 2. The maximum Gasteiger partial charge on any atom is 0.301 e. The second kappa shape index (κ2) is 13.1. The van der Waals surface area contributed by atoms with E-state index in [0.29, 0.717) is 33.6 Å². The van der Waals surface area contributed by atoms with Crippen LogP contribution in [0.4, 0.5) is 9.52 Å². The summed E-state index contributed by atoms with van der Waals surface area (Å²) in [6, 6.07) is 21.1. The molecule has 0 bridgehead atoms. The number of aromatic nitrogens is 2. The third-order valence-electron chi connectivity index (χ3n) is 6.56. The van der Waals surface area contributed by atoms with Crippen molar-refractivity contribution in [1.82, 2.24) is 10.2 Å². The Morgan fingerprint density at radius 1 is 1.02 bits per heavy atom. The minimum atomic E-state index is -0.933. The Morgan fingerprint density at radius 3 is 2.56 bits per heavy atom. The number of thioether (sulfide) groups is 1. The van der Waals surface area contributed by atoms with E-state index in [1.165, 1.54) is 40.1 Å². The Kier molecular flexibility index (Phi) is 9.11. The number of hydrogen-bond acceptors (Lipinski definition) is 8. The molecule has 1 aromatic heterocycles. The molecule has 0 spiro atoms. The number of nitrogens with zero attached hydrogens (tertiary/aromatic N) is 3. The molecule has 1 aliphatic rings. The molecule has 0 saturated carbocycles. The second-order valence-electron chi connectivity index (χ2n) is 9.43. The van der Waals surface area contributed by atoms with Gasteiger partial charge in [-0.05, 0) is 41.8 Å². The lowest BCUT2D eigenvalue weighted by Crippen LogP contribution is -2.29. The standard InChI is InChI=1S/C31H28FN3O4S2/c1-2-3-7-17-39-24-12-8-11-22(18-24)26-25(27(36)21-9-5-4-6-10-21)28(37)29(38)35(26)30-33-34-31(41-30)40-19-20-13-15-23(32)16-14-20/h4-6,8-16,18,26,36H,2-3,7,17,19H2,1H3/b27-25+. The number of ether oxygens (including phenoxy) is 1. The summed E-state index contributed by atoms with van der Waals surface area (Å²) in [5, 5.41) is 20.0. The van der Waals surface area contributed by atoms with Gasteiger partial charge >= 0.3 is 5.91 Å². The average molecular weight is 590 g/mol. The number of hydrogen-bond donors (Lipinski definition) is 1. The number of Topliss-reactive ketones (excluding diaryl/α,β-unsaturated/α-hetero) is 1. The van der Waals surface area contributed by atoms with Crippen molar-refractivity contribution in [3.8, 4) is 5.75 Å². The van der Waals surface area contributed by atoms with E-state index in [4.69, 9.17) is 4.74 Å². The lowest BCUT2D eigenvalue weighted by Gasteiger charge is -2.23. The molecule has 1 fully saturated rings. The third-order valence-corrected chi connectivity index (χ3v) is 8.69. The van der Waals surface area contributed by atoms with Crippen LogP contribution in [0.3, 0.4) is 0 Å². The zero-order valence-electron chi connectivity index (χ0n) is 22.3. The summed E-state index contributed by atoms with van der Waals surface area (Å²) in [5.41, 5.74) is 1.91. The molecule has 0 radical (unpaired) electrons. The first-order chi connectivity index (χ1) is 20.0. The zero-order valence-corrected chi connectivity index (χ0v) is 24.0. The van der Waals surface area contributed by atoms with Gasteiger partial charge in [-0.25, -0.2) is 4.39 Å². The molecule has 5 rings (SSSR count). The fraction of sp³-hybridized carbons (Fsp3) is 0.226. The highest BCUT2D eigenvalue weighted by atomic mass is 32.2. The van der Waals surface area contributed by atoms with Gasteiger partial charge in [-0.3, -0.25) is 14.5 Å². The smallest absolute Gasteiger partial charge is 0.301 e. The number of carbonyl (C=O) groups excluding carboxylic acids is 2. The van der Waals surface area contributed by atoms with Gasteiger partial charge in [0.2, 0.25) is 5.13 Å². The van der Waals surface area contributed by atoms with Crippen molar-refractivity contribution in [2.24, 2.45) is 0 Å². The van der Waals surface area contributed by atoms with Gasteiger partial charge < -0.3 is 9.84 Å². The molecule has 1 atom stereocenters. The molecule has 1 saturated heterocycles. The molecular formula is C31H28FN3O4S2. The maximum atomic E-state index is 13.5. The monoisotopic (exact) mass is 589 g/mol. The molecule has 1 aliphatic heterocycles. The number of benzene rings is 3. The average Bonchev–Trinajstić information content (AvgIpc) is 3.57. The number of halogens is 1. The summed E-state index contributed by atoms with van der Waals surface area (Å²) in [7, 11) is 0. The number of carbonyl (C=O) groups is 2. The molecule has 1 unspecified atom stereocenters. The minimum absolute atomic E-state index is 0.0277. The van der Waals surface area contributed by atoms with Gasteiger partial charge in [0.05, 0.1) is 18.2 Å². The van der Waals surface area contributed by atoms with Crippen molar-refractivity contribution >= 4 is 45.7 Å². The van der Waals surface area contributed by atoms with Gasteiger partial charge in [0.25, 0.3) is 5.78 Å². The summed E-state index contributed by atoms with van der Waals surface area (Å²) in [6.07, 6.45) is 3.04. The number of anilines is 1. The van der Waals surface area contributed by atoms with E-state index in [1.807, 2.05) is 6.07 Å². The largest absolute Gasteiger partial charge is 0.507 e. The Morgan fingerprint density at radius 2 is 1.80 bits per heavy atom. The summed E-state index contributed by atoms with van der Waals surface area (Å²) >= 11 is 2.57. The van der Waals surface area contributed by atoms with Crippen LogP contribution in [0.25, 0.3) is 5.76 Å². The lowest BCUT2D eigenvalue weighted by molar-refractivity contribution is -0.132. The van der Waals surface area contributed by atoms with Gasteiger partial charge in [-0.1, -0.05) is 97.5 Å². The van der Waals surface area contributed by atoms with Crippen LogP contribution < -0.4 is 9.64 Å². The van der Waals surface area contributed by atoms with E-state index in [2.05, 4.69) is 17.1 Å². The molecule has 7 nitrogen and oxygen atoms in total. The highest BCUT2D eigenvalue weighted by Gasteiger charge is 2.48. The molecule has 0 aliphatic carbocycles. The van der Waals surface area contributed by atoms with E-state index in [0.717, 1.165) is 24.8 Å². The van der Waals surface area contributed by atoms with E-state index in [1.54, 1.807) is 60.7 Å². The van der Waals surface area contributed by atoms with Crippen LogP contribution in [0.15, 0.2) is 88.8 Å².